The first-order valence-corrected chi connectivity index (χ1v) is 9.50. The zero-order valence-electron chi connectivity index (χ0n) is 14.7. The molecule has 0 aliphatic heterocycles. The summed E-state index contributed by atoms with van der Waals surface area (Å²) in [7, 11) is -3.68. The zero-order valence-corrected chi connectivity index (χ0v) is 16.3. The van der Waals surface area contributed by atoms with Gasteiger partial charge >= 0.3 is 0 Å². The third kappa shape index (κ3) is 6.33. The lowest BCUT2D eigenvalue weighted by atomic mass is 10.0. The Balaban J connectivity index is 0.00000338. The molecule has 0 aliphatic carbocycles. The van der Waals surface area contributed by atoms with Gasteiger partial charge in [-0.3, -0.25) is 9.52 Å². The Morgan fingerprint density at radius 3 is 2.27 bits per heavy atom. The van der Waals surface area contributed by atoms with E-state index in [0.717, 1.165) is 0 Å². The van der Waals surface area contributed by atoms with Crippen LogP contribution < -0.4 is 15.8 Å². The molecule has 1 amide bonds. The number of hydrogen-bond acceptors (Lipinski definition) is 4. The third-order valence-electron chi connectivity index (χ3n) is 3.50. The molecule has 0 radical (unpaired) electrons. The van der Waals surface area contributed by atoms with Gasteiger partial charge in [0, 0.05) is 5.69 Å². The van der Waals surface area contributed by atoms with Crippen molar-refractivity contribution in [1.29, 1.82) is 0 Å². The van der Waals surface area contributed by atoms with E-state index in [4.69, 9.17) is 5.73 Å². The first kappa shape index (κ1) is 22.0. The first-order chi connectivity index (χ1) is 11.8. The summed E-state index contributed by atoms with van der Waals surface area (Å²) in [5.41, 5.74) is 6.70. The predicted octanol–water partition coefficient (Wildman–Crippen LogP) is 3.22. The van der Waals surface area contributed by atoms with Crippen LogP contribution in [0.2, 0.25) is 0 Å². The van der Waals surface area contributed by atoms with Crippen molar-refractivity contribution in [3.63, 3.8) is 0 Å². The molecule has 4 N–H and O–H groups in total. The van der Waals surface area contributed by atoms with Crippen molar-refractivity contribution in [2.45, 2.75) is 31.2 Å². The predicted molar refractivity (Wildman–Crippen MR) is 107 cm³/mol. The maximum absolute atomic E-state index is 12.3. The van der Waals surface area contributed by atoms with E-state index in [1.54, 1.807) is 42.5 Å². The molecule has 6 nitrogen and oxygen atoms in total. The van der Waals surface area contributed by atoms with Gasteiger partial charge in [0.2, 0.25) is 5.91 Å². The average Bonchev–Trinajstić information content (AvgIpc) is 2.55. The van der Waals surface area contributed by atoms with Gasteiger partial charge < -0.3 is 11.1 Å². The van der Waals surface area contributed by atoms with Gasteiger partial charge in [-0.15, -0.1) is 12.4 Å². The highest BCUT2D eigenvalue weighted by Crippen LogP contribution is 2.19. The van der Waals surface area contributed by atoms with E-state index in [0.29, 0.717) is 23.7 Å². The molecule has 0 heterocycles. The van der Waals surface area contributed by atoms with Crippen LogP contribution >= 0.6 is 12.4 Å². The fourth-order valence-electron chi connectivity index (χ4n) is 2.32. The number of carbonyl (C=O) groups excluding carboxylic acids is 1. The van der Waals surface area contributed by atoms with Gasteiger partial charge in [0.25, 0.3) is 10.0 Å². The number of hydrogen-bond donors (Lipinski definition) is 3. The van der Waals surface area contributed by atoms with E-state index in [-0.39, 0.29) is 23.2 Å². The molecule has 2 aromatic carbocycles. The highest BCUT2D eigenvalue weighted by Gasteiger charge is 2.16. The summed E-state index contributed by atoms with van der Waals surface area (Å²) < 4.78 is 27.2. The zero-order chi connectivity index (χ0) is 18.4. The molecular formula is C18H24ClN3O3S. The van der Waals surface area contributed by atoms with Crippen LogP contribution in [0.15, 0.2) is 59.5 Å². The van der Waals surface area contributed by atoms with Gasteiger partial charge in [-0.25, -0.2) is 8.42 Å². The van der Waals surface area contributed by atoms with Gasteiger partial charge in [0.05, 0.1) is 16.6 Å². The van der Waals surface area contributed by atoms with Gasteiger partial charge in [0.1, 0.15) is 0 Å². The molecule has 0 saturated heterocycles. The Hall–Kier alpha value is -2.09. The highest BCUT2D eigenvalue weighted by atomic mass is 35.5. The number of nitrogens with two attached hydrogens (primary N) is 1. The molecule has 26 heavy (non-hydrogen) atoms. The lowest BCUT2D eigenvalue weighted by molar-refractivity contribution is -0.117. The highest BCUT2D eigenvalue weighted by molar-refractivity contribution is 7.92. The summed E-state index contributed by atoms with van der Waals surface area (Å²) >= 11 is 0. The van der Waals surface area contributed by atoms with E-state index in [9.17, 15) is 13.2 Å². The molecule has 0 aromatic heterocycles. The van der Waals surface area contributed by atoms with Crippen molar-refractivity contribution in [3.8, 4) is 0 Å². The second-order valence-electron chi connectivity index (χ2n) is 6.22. The summed E-state index contributed by atoms with van der Waals surface area (Å²) in [6.07, 6.45) is 0.576. The van der Waals surface area contributed by atoms with Crippen LogP contribution in [0.5, 0.6) is 0 Å². The molecule has 0 aliphatic rings. The van der Waals surface area contributed by atoms with Crippen LogP contribution in [-0.4, -0.2) is 20.4 Å². The molecule has 0 bridgehead atoms. The molecule has 142 valence electrons. The minimum atomic E-state index is -3.68. The number of amides is 1. The summed E-state index contributed by atoms with van der Waals surface area (Å²) in [4.78, 5) is 12.3. The third-order valence-corrected chi connectivity index (χ3v) is 4.90. The second kappa shape index (κ2) is 9.56. The van der Waals surface area contributed by atoms with Gasteiger partial charge in [-0.05, 0) is 42.7 Å². The summed E-state index contributed by atoms with van der Waals surface area (Å²) in [6.45, 7) is 3.98. The van der Waals surface area contributed by atoms with Gasteiger partial charge in [-0.1, -0.05) is 38.1 Å². The van der Waals surface area contributed by atoms with E-state index in [1.165, 1.54) is 12.1 Å². The topological polar surface area (TPSA) is 101 Å². The minimum Gasteiger partial charge on any atom is -0.325 e. The van der Waals surface area contributed by atoms with Crippen molar-refractivity contribution >= 4 is 39.7 Å². The monoisotopic (exact) mass is 397 g/mol. The Labute approximate surface area is 160 Å². The van der Waals surface area contributed by atoms with Gasteiger partial charge in [-0.2, -0.15) is 0 Å². The molecule has 2 rings (SSSR count). The molecule has 0 unspecified atom stereocenters. The van der Waals surface area contributed by atoms with Crippen LogP contribution in [0, 0.1) is 5.92 Å². The van der Waals surface area contributed by atoms with Crippen LogP contribution in [0.4, 0.5) is 11.4 Å². The van der Waals surface area contributed by atoms with Crippen LogP contribution in [-0.2, 0) is 14.8 Å². The maximum atomic E-state index is 12.3. The molecular weight excluding hydrogens is 374 g/mol. The second-order valence-corrected chi connectivity index (χ2v) is 7.91. The van der Waals surface area contributed by atoms with Crippen molar-refractivity contribution in [1.82, 2.24) is 0 Å². The van der Waals surface area contributed by atoms with Crippen molar-refractivity contribution in [2.75, 3.05) is 10.0 Å². The summed E-state index contributed by atoms with van der Waals surface area (Å²) in [5, 5.41) is 2.71. The summed E-state index contributed by atoms with van der Waals surface area (Å²) in [6, 6.07) is 14.0. The number of anilines is 2. The number of nitrogens with one attached hydrogen (secondary N) is 2. The Kier molecular flexibility index (Phi) is 8.08. The first-order valence-electron chi connectivity index (χ1n) is 8.02. The van der Waals surface area contributed by atoms with E-state index in [1.807, 2.05) is 13.8 Å². The normalized spacial score (nSPS) is 12.2. The lowest BCUT2D eigenvalue weighted by Gasteiger charge is -2.15. The van der Waals surface area contributed by atoms with Gasteiger partial charge in [0.15, 0.2) is 0 Å². The number of carbonyl (C=O) groups is 1. The van der Waals surface area contributed by atoms with Crippen molar-refractivity contribution in [3.05, 3.63) is 54.6 Å². The minimum absolute atomic E-state index is 0. The Morgan fingerprint density at radius 2 is 1.65 bits per heavy atom. The fraction of sp³-hybridized carbons (Fsp3) is 0.278. The largest absolute Gasteiger partial charge is 0.325 e. The Morgan fingerprint density at radius 1 is 1.04 bits per heavy atom. The fourth-order valence-corrected chi connectivity index (χ4v) is 3.39. The van der Waals surface area contributed by atoms with E-state index < -0.39 is 16.1 Å². The molecule has 0 spiro atoms. The van der Waals surface area contributed by atoms with Crippen LogP contribution in [0.25, 0.3) is 0 Å². The van der Waals surface area contributed by atoms with E-state index >= 15 is 0 Å². The lowest BCUT2D eigenvalue weighted by Crippen LogP contribution is -2.36. The molecule has 1 atom stereocenters. The molecule has 2 aromatic rings. The smallest absolute Gasteiger partial charge is 0.261 e. The average molecular weight is 398 g/mol. The van der Waals surface area contributed by atoms with Crippen LogP contribution in [0.1, 0.15) is 20.3 Å². The molecule has 0 saturated carbocycles. The SMILES string of the molecule is CC(C)C[C@H](N)C(=O)Nc1cccc(NS(=O)(=O)c2ccccc2)c1.Cl. The number of sulfonamides is 1. The number of benzene rings is 2. The quantitative estimate of drug-likeness (QED) is 0.667. The number of rotatable bonds is 7. The molecule has 0 fully saturated rings. The Bertz CT molecular complexity index is 827. The van der Waals surface area contributed by atoms with Crippen molar-refractivity contribution < 1.29 is 13.2 Å². The van der Waals surface area contributed by atoms with E-state index in [2.05, 4.69) is 10.0 Å². The summed E-state index contributed by atoms with van der Waals surface area (Å²) in [5.74, 6) is 0.0153. The maximum Gasteiger partial charge on any atom is 0.261 e. The molecule has 8 heteroatoms. The number of halogens is 1. The van der Waals surface area contributed by atoms with Crippen molar-refractivity contribution in [2.24, 2.45) is 11.7 Å². The van der Waals surface area contributed by atoms with Crippen LogP contribution in [0.3, 0.4) is 0 Å². The standard InChI is InChI=1S/C18H23N3O3S.ClH/c1-13(2)11-17(19)18(22)20-14-7-6-8-15(12-14)21-25(23,24)16-9-4-3-5-10-16;/h3-10,12-13,17,21H,11,19H2,1-2H3,(H,20,22);1H/t17-;/m0./s1.